The molecule has 7 heteroatoms. The fraction of sp³-hybridized carbons (Fsp3) is 0.375. The highest BCUT2D eigenvalue weighted by molar-refractivity contribution is 5.47. The summed E-state index contributed by atoms with van der Waals surface area (Å²) in [6.07, 6.45) is 1.15. The fourth-order valence-corrected chi connectivity index (χ4v) is 2.19. The number of rotatable bonds is 6. The number of hydrogen-bond donors (Lipinski definition) is 1. The van der Waals surface area contributed by atoms with Crippen LogP contribution in [0.1, 0.15) is 18.5 Å². The molecule has 1 aromatic carbocycles. The van der Waals surface area contributed by atoms with Crippen molar-refractivity contribution in [2.24, 2.45) is 0 Å². The molecule has 0 spiro atoms. The SMILES string of the molecule is COc1ccc(OC)c(C(C)Nc2ncc(F)c(N(C)C)n2)c1. The normalized spacial score (nSPS) is 11.7. The predicted molar refractivity (Wildman–Crippen MR) is 87.9 cm³/mol. The Balaban J connectivity index is 2.28. The number of nitrogens with one attached hydrogen (secondary N) is 1. The number of nitrogens with zero attached hydrogens (tertiary/aromatic N) is 3. The molecule has 0 amide bonds. The molecule has 0 fully saturated rings. The first kappa shape index (κ1) is 16.8. The Bertz CT molecular complexity index is 679. The summed E-state index contributed by atoms with van der Waals surface area (Å²) < 4.78 is 24.3. The van der Waals surface area contributed by atoms with Crippen molar-refractivity contribution in [1.82, 2.24) is 9.97 Å². The average Bonchev–Trinajstić information content (AvgIpc) is 2.55. The number of hydrogen-bond acceptors (Lipinski definition) is 6. The Morgan fingerprint density at radius 1 is 1.22 bits per heavy atom. The van der Waals surface area contributed by atoms with Gasteiger partial charge in [-0.3, -0.25) is 0 Å². The first-order valence-corrected chi connectivity index (χ1v) is 7.14. The molecule has 0 aliphatic carbocycles. The second-order valence-corrected chi connectivity index (χ2v) is 5.23. The third-order valence-corrected chi connectivity index (χ3v) is 3.40. The lowest BCUT2D eigenvalue weighted by atomic mass is 10.1. The summed E-state index contributed by atoms with van der Waals surface area (Å²) in [5, 5.41) is 3.16. The Labute approximate surface area is 135 Å². The third kappa shape index (κ3) is 3.80. The summed E-state index contributed by atoms with van der Waals surface area (Å²) in [6, 6.07) is 5.39. The van der Waals surface area contributed by atoms with Gasteiger partial charge >= 0.3 is 0 Å². The lowest BCUT2D eigenvalue weighted by Gasteiger charge is -2.19. The summed E-state index contributed by atoms with van der Waals surface area (Å²) in [7, 11) is 6.67. The topological polar surface area (TPSA) is 59.5 Å². The van der Waals surface area contributed by atoms with E-state index >= 15 is 0 Å². The highest BCUT2D eigenvalue weighted by atomic mass is 19.1. The minimum absolute atomic E-state index is 0.152. The van der Waals surface area contributed by atoms with E-state index in [1.807, 2.05) is 25.1 Å². The number of aromatic nitrogens is 2. The maximum atomic E-state index is 13.7. The molecule has 23 heavy (non-hydrogen) atoms. The second kappa shape index (κ2) is 7.13. The van der Waals surface area contributed by atoms with E-state index in [9.17, 15) is 4.39 Å². The van der Waals surface area contributed by atoms with Crippen LogP contribution in [0.3, 0.4) is 0 Å². The first-order valence-electron chi connectivity index (χ1n) is 7.14. The van der Waals surface area contributed by atoms with Crippen molar-refractivity contribution >= 4 is 11.8 Å². The molecule has 1 atom stereocenters. The molecule has 0 saturated carbocycles. The van der Waals surface area contributed by atoms with E-state index in [1.54, 1.807) is 33.2 Å². The van der Waals surface area contributed by atoms with E-state index in [1.165, 1.54) is 0 Å². The van der Waals surface area contributed by atoms with Gasteiger partial charge in [0.2, 0.25) is 5.95 Å². The van der Waals surface area contributed by atoms with Crippen LogP contribution in [0.5, 0.6) is 11.5 Å². The van der Waals surface area contributed by atoms with Crippen LogP contribution >= 0.6 is 0 Å². The Hall–Kier alpha value is -2.57. The molecular formula is C16H21FN4O2. The lowest BCUT2D eigenvalue weighted by molar-refractivity contribution is 0.397. The van der Waals surface area contributed by atoms with Crippen LogP contribution in [0.2, 0.25) is 0 Å². The average molecular weight is 320 g/mol. The molecule has 0 aliphatic rings. The number of methoxy groups -OCH3 is 2. The minimum Gasteiger partial charge on any atom is -0.497 e. The summed E-state index contributed by atoms with van der Waals surface area (Å²) in [4.78, 5) is 9.78. The van der Waals surface area contributed by atoms with Crippen LogP contribution < -0.4 is 19.7 Å². The molecule has 1 unspecified atom stereocenters. The smallest absolute Gasteiger partial charge is 0.225 e. The maximum Gasteiger partial charge on any atom is 0.225 e. The van der Waals surface area contributed by atoms with Crippen molar-refractivity contribution < 1.29 is 13.9 Å². The summed E-state index contributed by atoms with van der Waals surface area (Å²) in [6.45, 7) is 1.94. The Morgan fingerprint density at radius 3 is 2.57 bits per heavy atom. The predicted octanol–water partition coefficient (Wildman–Crippen LogP) is 2.87. The fourth-order valence-electron chi connectivity index (χ4n) is 2.19. The van der Waals surface area contributed by atoms with Crippen LogP contribution in [-0.2, 0) is 0 Å². The Morgan fingerprint density at radius 2 is 1.96 bits per heavy atom. The van der Waals surface area contributed by atoms with Crippen molar-refractivity contribution in [2.75, 3.05) is 38.5 Å². The van der Waals surface area contributed by atoms with Gasteiger partial charge in [-0.15, -0.1) is 0 Å². The molecule has 124 valence electrons. The summed E-state index contributed by atoms with van der Waals surface area (Å²) >= 11 is 0. The van der Waals surface area contributed by atoms with Gasteiger partial charge in [-0.25, -0.2) is 9.37 Å². The molecule has 0 saturated heterocycles. The molecule has 0 radical (unpaired) electrons. The number of anilines is 2. The van der Waals surface area contributed by atoms with Crippen molar-refractivity contribution in [2.45, 2.75) is 13.0 Å². The largest absolute Gasteiger partial charge is 0.497 e. The summed E-state index contributed by atoms with van der Waals surface area (Å²) in [5.41, 5.74) is 0.895. The van der Waals surface area contributed by atoms with E-state index in [0.717, 1.165) is 23.3 Å². The van der Waals surface area contributed by atoms with Crippen LogP contribution in [0, 0.1) is 5.82 Å². The van der Waals surface area contributed by atoms with E-state index in [-0.39, 0.29) is 11.9 Å². The lowest BCUT2D eigenvalue weighted by Crippen LogP contribution is -2.16. The molecule has 2 aromatic rings. The zero-order valence-corrected chi connectivity index (χ0v) is 13.9. The van der Waals surface area contributed by atoms with Crippen LogP contribution in [0.4, 0.5) is 16.2 Å². The van der Waals surface area contributed by atoms with Crippen molar-refractivity contribution in [3.8, 4) is 11.5 Å². The standard InChI is InChI=1S/C16H21FN4O2/c1-10(12-8-11(22-4)6-7-14(12)23-5)19-16-18-9-13(17)15(20-16)21(2)3/h6-10H,1-5H3,(H,18,19,20). The second-order valence-electron chi connectivity index (χ2n) is 5.23. The van der Waals surface area contributed by atoms with E-state index in [0.29, 0.717) is 5.95 Å². The number of ether oxygens (including phenoxy) is 2. The van der Waals surface area contributed by atoms with Gasteiger partial charge in [-0.2, -0.15) is 4.98 Å². The van der Waals surface area contributed by atoms with Crippen LogP contribution in [-0.4, -0.2) is 38.3 Å². The Kier molecular flexibility index (Phi) is 5.20. The zero-order chi connectivity index (χ0) is 17.0. The molecular weight excluding hydrogens is 299 g/mol. The zero-order valence-electron chi connectivity index (χ0n) is 13.9. The van der Waals surface area contributed by atoms with Crippen LogP contribution in [0.25, 0.3) is 0 Å². The molecule has 2 rings (SSSR count). The molecule has 0 aliphatic heterocycles. The monoisotopic (exact) mass is 320 g/mol. The van der Waals surface area contributed by atoms with Crippen molar-refractivity contribution in [3.05, 3.63) is 35.8 Å². The van der Waals surface area contributed by atoms with Gasteiger partial charge in [0.1, 0.15) is 11.5 Å². The van der Waals surface area contributed by atoms with Gasteiger partial charge in [0.05, 0.1) is 26.5 Å². The van der Waals surface area contributed by atoms with Gasteiger partial charge in [0.25, 0.3) is 0 Å². The van der Waals surface area contributed by atoms with Gasteiger partial charge in [0, 0.05) is 19.7 Å². The molecule has 0 bridgehead atoms. The highest BCUT2D eigenvalue weighted by Crippen LogP contribution is 2.31. The number of benzene rings is 1. The van der Waals surface area contributed by atoms with Gasteiger partial charge in [-0.1, -0.05) is 0 Å². The minimum atomic E-state index is -0.466. The molecule has 1 aromatic heterocycles. The summed E-state index contributed by atoms with van der Waals surface area (Å²) in [5.74, 6) is 1.55. The first-order chi connectivity index (χ1) is 11.0. The van der Waals surface area contributed by atoms with Gasteiger partial charge in [-0.05, 0) is 25.1 Å². The molecule has 1 heterocycles. The van der Waals surface area contributed by atoms with E-state index < -0.39 is 5.82 Å². The van der Waals surface area contributed by atoms with Crippen molar-refractivity contribution in [1.29, 1.82) is 0 Å². The van der Waals surface area contributed by atoms with Crippen LogP contribution in [0.15, 0.2) is 24.4 Å². The number of halogens is 1. The highest BCUT2D eigenvalue weighted by Gasteiger charge is 2.15. The molecule has 6 nitrogen and oxygen atoms in total. The quantitative estimate of drug-likeness (QED) is 0.883. The van der Waals surface area contributed by atoms with Gasteiger partial charge < -0.3 is 19.7 Å². The third-order valence-electron chi connectivity index (χ3n) is 3.40. The van der Waals surface area contributed by atoms with E-state index in [4.69, 9.17) is 9.47 Å². The van der Waals surface area contributed by atoms with E-state index in [2.05, 4.69) is 15.3 Å². The molecule has 1 N–H and O–H groups in total. The van der Waals surface area contributed by atoms with Gasteiger partial charge in [0.15, 0.2) is 11.6 Å². The van der Waals surface area contributed by atoms with Crippen molar-refractivity contribution in [3.63, 3.8) is 0 Å². The maximum absolute atomic E-state index is 13.7.